The molecular formula is C10H21NO2S. The van der Waals surface area contributed by atoms with Crippen LogP contribution in [0.4, 0.5) is 0 Å². The van der Waals surface area contributed by atoms with Crippen LogP contribution in [0.3, 0.4) is 0 Å². The van der Waals surface area contributed by atoms with E-state index in [-0.39, 0.29) is 5.41 Å². The molecule has 0 bridgehead atoms. The van der Waals surface area contributed by atoms with Crippen molar-refractivity contribution in [1.29, 1.82) is 0 Å². The van der Waals surface area contributed by atoms with Crippen molar-refractivity contribution in [1.82, 2.24) is 0 Å². The number of sulfone groups is 1. The Morgan fingerprint density at radius 1 is 1.36 bits per heavy atom. The summed E-state index contributed by atoms with van der Waals surface area (Å²) in [7, 11) is -2.78. The lowest BCUT2D eigenvalue weighted by atomic mass is 9.82. The predicted molar refractivity (Wildman–Crippen MR) is 58.9 cm³/mol. The number of unbranched alkanes of at least 4 members (excludes halogenated alkanes) is 2. The molecular weight excluding hydrogens is 198 g/mol. The minimum absolute atomic E-state index is 0.0893. The summed E-state index contributed by atoms with van der Waals surface area (Å²) < 4.78 is 22.8. The van der Waals surface area contributed by atoms with E-state index in [2.05, 4.69) is 6.92 Å². The van der Waals surface area contributed by atoms with Crippen molar-refractivity contribution in [3.05, 3.63) is 0 Å². The van der Waals surface area contributed by atoms with Gasteiger partial charge in [0.15, 0.2) is 9.84 Å². The highest BCUT2D eigenvalue weighted by Crippen LogP contribution is 2.36. The van der Waals surface area contributed by atoms with Crippen LogP contribution < -0.4 is 5.73 Å². The molecule has 0 amide bonds. The van der Waals surface area contributed by atoms with E-state index in [1.54, 1.807) is 0 Å². The van der Waals surface area contributed by atoms with Crippen LogP contribution in [-0.4, -0.2) is 26.5 Å². The van der Waals surface area contributed by atoms with E-state index in [1.165, 1.54) is 12.8 Å². The third kappa shape index (κ3) is 2.95. The molecule has 1 rings (SSSR count). The van der Waals surface area contributed by atoms with Gasteiger partial charge in [-0.05, 0) is 24.8 Å². The summed E-state index contributed by atoms with van der Waals surface area (Å²) in [5.74, 6) is 0.663. The van der Waals surface area contributed by atoms with Crippen molar-refractivity contribution in [3.8, 4) is 0 Å². The van der Waals surface area contributed by atoms with Gasteiger partial charge in [-0.15, -0.1) is 0 Å². The van der Waals surface area contributed by atoms with Gasteiger partial charge in [0.05, 0.1) is 11.5 Å². The Morgan fingerprint density at radius 3 is 2.50 bits per heavy atom. The average molecular weight is 219 g/mol. The monoisotopic (exact) mass is 219 g/mol. The molecule has 1 fully saturated rings. The van der Waals surface area contributed by atoms with Gasteiger partial charge in [0.25, 0.3) is 0 Å². The molecule has 84 valence electrons. The second-order valence-electron chi connectivity index (χ2n) is 4.50. The van der Waals surface area contributed by atoms with Crippen molar-refractivity contribution >= 4 is 9.84 Å². The quantitative estimate of drug-likeness (QED) is 0.710. The predicted octanol–water partition coefficient (Wildman–Crippen LogP) is 1.33. The highest BCUT2D eigenvalue weighted by molar-refractivity contribution is 7.91. The molecule has 0 aromatic rings. The fourth-order valence-corrected chi connectivity index (χ4v) is 4.42. The van der Waals surface area contributed by atoms with Crippen LogP contribution in [0.2, 0.25) is 0 Å². The van der Waals surface area contributed by atoms with E-state index in [9.17, 15) is 8.42 Å². The Balaban J connectivity index is 2.52. The summed E-state index contributed by atoms with van der Waals surface area (Å²) in [6, 6.07) is 0. The van der Waals surface area contributed by atoms with Crippen molar-refractivity contribution in [2.45, 2.75) is 39.0 Å². The molecule has 2 N–H and O–H groups in total. The molecule has 4 heteroatoms. The fraction of sp³-hybridized carbons (Fsp3) is 1.00. The van der Waals surface area contributed by atoms with E-state index in [1.807, 2.05) is 0 Å². The minimum atomic E-state index is -2.78. The largest absolute Gasteiger partial charge is 0.330 e. The van der Waals surface area contributed by atoms with Gasteiger partial charge in [-0.1, -0.05) is 26.2 Å². The van der Waals surface area contributed by atoms with E-state index in [0.717, 1.165) is 19.3 Å². The maximum Gasteiger partial charge on any atom is 0.150 e. The summed E-state index contributed by atoms with van der Waals surface area (Å²) in [6.45, 7) is 2.68. The zero-order chi connectivity index (χ0) is 10.7. The van der Waals surface area contributed by atoms with E-state index in [4.69, 9.17) is 5.73 Å². The Morgan fingerprint density at radius 2 is 2.07 bits per heavy atom. The number of hydrogen-bond acceptors (Lipinski definition) is 3. The Labute approximate surface area is 87.0 Å². The molecule has 1 unspecified atom stereocenters. The first-order valence-electron chi connectivity index (χ1n) is 5.44. The maximum atomic E-state index is 11.4. The molecule has 14 heavy (non-hydrogen) atoms. The second-order valence-corrected chi connectivity index (χ2v) is 6.69. The summed E-state index contributed by atoms with van der Waals surface area (Å²) >= 11 is 0. The van der Waals surface area contributed by atoms with Crippen molar-refractivity contribution < 1.29 is 8.42 Å². The van der Waals surface area contributed by atoms with Crippen molar-refractivity contribution in [3.63, 3.8) is 0 Å². The van der Waals surface area contributed by atoms with Crippen molar-refractivity contribution in [2.24, 2.45) is 11.1 Å². The van der Waals surface area contributed by atoms with E-state index in [0.29, 0.717) is 18.1 Å². The summed E-state index contributed by atoms with van der Waals surface area (Å²) in [5, 5.41) is 0. The third-order valence-electron chi connectivity index (χ3n) is 3.21. The molecule has 0 aromatic carbocycles. The highest BCUT2D eigenvalue weighted by Gasteiger charge is 2.40. The van der Waals surface area contributed by atoms with Crippen LogP contribution in [0, 0.1) is 5.41 Å². The summed E-state index contributed by atoms with van der Waals surface area (Å²) in [6.07, 6.45) is 5.23. The Kier molecular flexibility index (Phi) is 3.95. The molecule has 3 nitrogen and oxygen atoms in total. The first kappa shape index (κ1) is 12.0. The fourth-order valence-electron chi connectivity index (χ4n) is 2.19. The third-order valence-corrected chi connectivity index (χ3v) is 5.09. The summed E-state index contributed by atoms with van der Waals surface area (Å²) in [4.78, 5) is 0. The van der Waals surface area contributed by atoms with Crippen LogP contribution in [0.25, 0.3) is 0 Å². The zero-order valence-electron chi connectivity index (χ0n) is 8.96. The lowest BCUT2D eigenvalue weighted by Gasteiger charge is -2.25. The molecule has 0 aromatic heterocycles. The molecule has 0 saturated carbocycles. The Hall–Kier alpha value is -0.0900. The standard InChI is InChI=1S/C10H21NO2S/c1-2-3-4-5-10(8-11)6-7-14(12,13)9-10/h2-9,11H2,1H3. The molecule has 1 aliphatic rings. The van der Waals surface area contributed by atoms with Gasteiger partial charge < -0.3 is 5.73 Å². The van der Waals surface area contributed by atoms with Gasteiger partial charge in [0.1, 0.15) is 0 Å². The van der Waals surface area contributed by atoms with Gasteiger partial charge >= 0.3 is 0 Å². The average Bonchev–Trinajstić information content (AvgIpc) is 2.44. The molecule has 0 spiro atoms. The van der Waals surface area contributed by atoms with Crippen LogP contribution >= 0.6 is 0 Å². The summed E-state index contributed by atoms with van der Waals surface area (Å²) in [5.41, 5.74) is 5.62. The van der Waals surface area contributed by atoms with Gasteiger partial charge in [-0.3, -0.25) is 0 Å². The first-order chi connectivity index (χ1) is 6.54. The molecule has 1 atom stereocenters. The minimum Gasteiger partial charge on any atom is -0.330 e. The van der Waals surface area contributed by atoms with Gasteiger partial charge in [-0.25, -0.2) is 8.42 Å². The normalized spacial score (nSPS) is 30.7. The van der Waals surface area contributed by atoms with E-state index >= 15 is 0 Å². The van der Waals surface area contributed by atoms with Crippen LogP contribution in [0.15, 0.2) is 0 Å². The van der Waals surface area contributed by atoms with Crippen LogP contribution in [-0.2, 0) is 9.84 Å². The lowest BCUT2D eigenvalue weighted by molar-refractivity contribution is 0.305. The highest BCUT2D eigenvalue weighted by atomic mass is 32.2. The number of hydrogen-bond donors (Lipinski definition) is 1. The van der Waals surface area contributed by atoms with Gasteiger partial charge in [0.2, 0.25) is 0 Å². The number of rotatable bonds is 5. The molecule has 0 aliphatic carbocycles. The maximum absolute atomic E-state index is 11.4. The first-order valence-corrected chi connectivity index (χ1v) is 7.26. The molecule has 1 saturated heterocycles. The van der Waals surface area contributed by atoms with Crippen molar-refractivity contribution in [2.75, 3.05) is 18.1 Å². The molecule has 1 aliphatic heterocycles. The van der Waals surface area contributed by atoms with Gasteiger partial charge in [0, 0.05) is 0 Å². The van der Waals surface area contributed by atoms with Gasteiger partial charge in [-0.2, -0.15) is 0 Å². The lowest BCUT2D eigenvalue weighted by Crippen LogP contribution is -2.31. The number of nitrogens with two attached hydrogens (primary N) is 1. The zero-order valence-corrected chi connectivity index (χ0v) is 9.78. The molecule has 0 radical (unpaired) electrons. The van der Waals surface area contributed by atoms with Crippen LogP contribution in [0.5, 0.6) is 0 Å². The molecule has 1 heterocycles. The smallest absolute Gasteiger partial charge is 0.150 e. The SMILES string of the molecule is CCCCCC1(CN)CCS(=O)(=O)C1. The Bertz CT molecular complexity index is 274. The topological polar surface area (TPSA) is 60.2 Å². The second kappa shape index (κ2) is 4.62. The van der Waals surface area contributed by atoms with Crippen LogP contribution in [0.1, 0.15) is 39.0 Å². The van der Waals surface area contributed by atoms with E-state index < -0.39 is 9.84 Å².